The Bertz CT molecular complexity index is 219. The minimum atomic E-state index is -0.880. The Morgan fingerprint density at radius 3 is 2.56 bits per heavy atom. The lowest BCUT2D eigenvalue weighted by atomic mass is 9.95. The lowest BCUT2D eigenvalue weighted by Gasteiger charge is -2.17. The Labute approximate surface area is 99.1 Å². The second-order valence-electron chi connectivity index (χ2n) is 4.11. The maximum atomic E-state index is 10.8. The summed E-state index contributed by atoms with van der Waals surface area (Å²) in [5, 5.41) is 10.8. The Morgan fingerprint density at radius 2 is 2.00 bits per heavy atom. The maximum absolute atomic E-state index is 10.8. The molecule has 0 aliphatic rings. The third kappa shape index (κ3) is 8.27. The van der Waals surface area contributed by atoms with Crippen LogP contribution >= 0.6 is 0 Å². The molecule has 0 aromatic heterocycles. The first kappa shape index (κ1) is 14.9. The van der Waals surface area contributed by atoms with Crippen molar-refractivity contribution in [1.29, 1.82) is 0 Å². The summed E-state index contributed by atoms with van der Waals surface area (Å²) in [5.74, 6) is -1.13. The molecule has 1 unspecified atom stereocenters. The molecule has 0 aliphatic carbocycles. The van der Waals surface area contributed by atoms with E-state index in [1.54, 1.807) is 6.08 Å². The van der Waals surface area contributed by atoms with Gasteiger partial charge in [-0.05, 0) is 31.6 Å². The zero-order valence-corrected chi connectivity index (χ0v) is 10.3. The molecule has 0 bridgehead atoms. The number of aliphatic carboxylic acids is 1. The van der Waals surface area contributed by atoms with Crippen molar-refractivity contribution in [3.05, 3.63) is 24.8 Å². The van der Waals surface area contributed by atoms with Crippen molar-refractivity contribution in [2.45, 2.75) is 51.9 Å². The van der Waals surface area contributed by atoms with Crippen LogP contribution < -0.4 is 5.11 Å². The van der Waals surface area contributed by atoms with E-state index in [1.807, 2.05) is 6.08 Å². The Hall–Kier alpha value is -1.05. The summed E-state index contributed by atoms with van der Waals surface area (Å²) in [7, 11) is 0. The molecule has 2 heteroatoms. The van der Waals surface area contributed by atoms with Gasteiger partial charge in [0, 0.05) is 5.97 Å². The second kappa shape index (κ2) is 10.5. The number of hydrogen-bond acceptors (Lipinski definition) is 2. The fourth-order valence-electron chi connectivity index (χ4n) is 1.68. The van der Waals surface area contributed by atoms with Gasteiger partial charge in [0.1, 0.15) is 0 Å². The van der Waals surface area contributed by atoms with Crippen molar-refractivity contribution in [1.82, 2.24) is 0 Å². The van der Waals surface area contributed by atoms with Crippen LogP contribution in [0.2, 0.25) is 0 Å². The topological polar surface area (TPSA) is 40.1 Å². The van der Waals surface area contributed by atoms with Crippen LogP contribution in [0.4, 0.5) is 0 Å². The summed E-state index contributed by atoms with van der Waals surface area (Å²) in [5.41, 5.74) is 0. The van der Waals surface area contributed by atoms with Crippen molar-refractivity contribution in [3.63, 3.8) is 0 Å². The summed E-state index contributed by atoms with van der Waals surface area (Å²) >= 11 is 0. The molecular formula is C14H23O2-. The third-order valence-corrected chi connectivity index (χ3v) is 2.69. The van der Waals surface area contributed by atoms with E-state index in [9.17, 15) is 9.90 Å². The number of carbonyl (C=O) groups excluding carboxylic acids is 1. The van der Waals surface area contributed by atoms with Gasteiger partial charge in [0.05, 0.1) is 0 Å². The van der Waals surface area contributed by atoms with Crippen LogP contribution in [0.3, 0.4) is 0 Å². The van der Waals surface area contributed by atoms with Crippen LogP contribution in [0.15, 0.2) is 24.8 Å². The van der Waals surface area contributed by atoms with Crippen LogP contribution in [0, 0.1) is 5.92 Å². The zero-order chi connectivity index (χ0) is 12.2. The SMILES string of the molecule is C=CC=CCCCCC(CCCC)C(=O)[O-]. The molecule has 0 saturated carbocycles. The van der Waals surface area contributed by atoms with Crippen molar-refractivity contribution < 1.29 is 9.90 Å². The molecule has 0 amide bonds. The summed E-state index contributed by atoms with van der Waals surface area (Å²) < 4.78 is 0. The minimum Gasteiger partial charge on any atom is -0.550 e. The number of rotatable bonds is 10. The fraction of sp³-hybridized carbons (Fsp3) is 0.643. The van der Waals surface area contributed by atoms with Crippen LogP contribution in [0.1, 0.15) is 51.9 Å². The van der Waals surface area contributed by atoms with Crippen LogP contribution in [-0.2, 0) is 4.79 Å². The Morgan fingerprint density at radius 1 is 1.31 bits per heavy atom. The van der Waals surface area contributed by atoms with E-state index >= 15 is 0 Å². The van der Waals surface area contributed by atoms with Gasteiger partial charge in [0.15, 0.2) is 0 Å². The highest BCUT2D eigenvalue weighted by Crippen LogP contribution is 2.16. The first-order valence-electron chi connectivity index (χ1n) is 6.20. The molecule has 1 atom stereocenters. The lowest BCUT2D eigenvalue weighted by molar-refractivity contribution is -0.312. The number of carboxylic acid groups (broad SMARTS) is 1. The van der Waals surface area contributed by atoms with Crippen LogP contribution in [0.5, 0.6) is 0 Å². The monoisotopic (exact) mass is 223 g/mol. The van der Waals surface area contributed by atoms with Crippen molar-refractivity contribution in [2.24, 2.45) is 5.92 Å². The summed E-state index contributed by atoms with van der Waals surface area (Å²) in [4.78, 5) is 10.8. The van der Waals surface area contributed by atoms with Gasteiger partial charge in [0.25, 0.3) is 0 Å². The molecule has 0 rings (SSSR count). The third-order valence-electron chi connectivity index (χ3n) is 2.69. The number of carbonyl (C=O) groups is 1. The largest absolute Gasteiger partial charge is 0.550 e. The van der Waals surface area contributed by atoms with Crippen molar-refractivity contribution in [3.8, 4) is 0 Å². The molecule has 0 spiro atoms. The molecule has 0 radical (unpaired) electrons. The normalized spacial score (nSPS) is 12.8. The average molecular weight is 223 g/mol. The van der Waals surface area contributed by atoms with Gasteiger partial charge in [-0.25, -0.2) is 0 Å². The molecule has 0 saturated heterocycles. The summed E-state index contributed by atoms with van der Waals surface area (Å²) in [6, 6.07) is 0. The van der Waals surface area contributed by atoms with E-state index < -0.39 is 5.97 Å². The fourth-order valence-corrected chi connectivity index (χ4v) is 1.68. The molecule has 0 aromatic carbocycles. The van der Waals surface area contributed by atoms with Gasteiger partial charge in [0.2, 0.25) is 0 Å². The highest BCUT2D eigenvalue weighted by molar-refractivity contribution is 5.67. The van der Waals surface area contributed by atoms with Gasteiger partial charge in [-0.1, -0.05) is 51.0 Å². The van der Waals surface area contributed by atoms with Crippen molar-refractivity contribution >= 4 is 5.97 Å². The van der Waals surface area contributed by atoms with Gasteiger partial charge in [-0.3, -0.25) is 0 Å². The molecular weight excluding hydrogens is 200 g/mol. The molecule has 0 fully saturated rings. The van der Waals surface area contributed by atoms with E-state index in [4.69, 9.17) is 0 Å². The smallest absolute Gasteiger partial charge is 0.0445 e. The number of allylic oxidation sites excluding steroid dienone is 3. The van der Waals surface area contributed by atoms with Gasteiger partial charge in [-0.2, -0.15) is 0 Å². The van der Waals surface area contributed by atoms with E-state index in [-0.39, 0.29) is 5.92 Å². The molecule has 0 aliphatic heterocycles. The standard InChI is InChI=1S/C14H24O2/c1-3-5-7-8-9-10-12-13(14(15)16)11-6-4-2/h3,5,7,13H,1,4,6,8-12H2,2H3,(H,15,16)/p-1. The van der Waals surface area contributed by atoms with Gasteiger partial charge < -0.3 is 9.90 Å². The molecule has 0 aromatic rings. The minimum absolute atomic E-state index is 0.247. The predicted octanol–water partition coefficient (Wildman–Crippen LogP) is 2.85. The molecule has 0 heterocycles. The summed E-state index contributed by atoms with van der Waals surface area (Å²) in [6.45, 7) is 5.67. The van der Waals surface area contributed by atoms with Crippen LogP contribution in [-0.4, -0.2) is 5.97 Å². The van der Waals surface area contributed by atoms with E-state index in [0.29, 0.717) is 0 Å². The van der Waals surface area contributed by atoms with E-state index in [0.717, 1.165) is 44.9 Å². The predicted molar refractivity (Wildman–Crippen MR) is 65.8 cm³/mol. The zero-order valence-electron chi connectivity index (χ0n) is 10.3. The lowest BCUT2D eigenvalue weighted by Crippen LogP contribution is -2.31. The average Bonchev–Trinajstić information content (AvgIpc) is 2.26. The molecule has 2 nitrogen and oxygen atoms in total. The highest BCUT2D eigenvalue weighted by atomic mass is 16.4. The quantitative estimate of drug-likeness (QED) is 0.422. The maximum Gasteiger partial charge on any atom is 0.0445 e. The highest BCUT2D eigenvalue weighted by Gasteiger charge is 2.08. The second-order valence-corrected chi connectivity index (χ2v) is 4.11. The van der Waals surface area contributed by atoms with E-state index in [1.165, 1.54) is 0 Å². The molecule has 0 N–H and O–H groups in total. The molecule has 16 heavy (non-hydrogen) atoms. The Kier molecular flexibility index (Phi) is 9.78. The number of hydrogen-bond donors (Lipinski definition) is 0. The summed E-state index contributed by atoms with van der Waals surface area (Å²) in [6.07, 6.45) is 12.3. The van der Waals surface area contributed by atoms with Gasteiger partial charge >= 0.3 is 0 Å². The van der Waals surface area contributed by atoms with Crippen molar-refractivity contribution in [2.75, 3.05) is 0 Å². The first-order chi connectivity index (χ1) is 7.72. The molecule has 92 valence electrons. The number of unbranched alkanes of at least 4 members (excludes halogenated alkanes) is 3. The number of carboxylic acids is 1. The van der Waals surface area contributed by atoms with E-state index in [2.05, 4.69) is 19.6 Å². The van der Waals surface area contributed by atoms with Crippen LogP contribution in [0.25, 0.3) is 0 Å². The Balaban J connectivity index is 3.63. The van der Waals surface area contributed by atoms with Gasteiger partial charge in [-0.15, -0.1) is 0 Å². The first-order valence-corrected chi connectivity index (χ1v) is 6.20.